The fraction of sp³-hybridized carbons (Fsp3) is 0.500. The molecule has 0 atom stereocenters. The van der Waals surface area contributed by atoms with Crippen LogP contribution in [0.15, 0.2) is 24.3 Å². The number of aryl methyl sites for hydroxylation is 1. The van der Waals surface area contributed by atoms with E-state index in [1.54, 1.807) is 0 Å². The van der Waals surface area contributed by atoms with Crippen molar-refractivity contribution in [3.63, 3.8) is 0 Å². The molecule has 18 heavy (non-hydrogen) atoms. The highest BCUT2D eigenvalue weighted by atomic mass is 32.2. The van der Waals surface area contributed by atoms with Gasteiger partial charge >= 0.3 is 0 Å². The largest absolute Gasteiger partial charge is 0.399 e. The fourth-order valence-corrected chi connectivity index (χ4v) is 2.67. The first-order valence-electron chi connectivity index (χ1n) is 6.30. The molecule has 0 aliphatic heterocycles. The Labute approximate surface area is 113 Å². The first-order valence-corrected chi connectivity index (χ1v) is 7.52. The van der Waals surface area contributed by atoms with Gasteiger partial charge in [0.15, 0.2) is 0 Å². The van der Waals surface area contributed by atoms with Crippen molar-refractivity contribution in [1.29, 1.82) is 0 Å². The molecule has 0 unspecified atom stereocenters. The van der Waals surface area contributed by atoms with E-state index in [2.05, 4.69) is 11.6 Å². The van der Waals surface area contributed by atoms with E-state index in [1.807, 2.05) is 36.0 Å². The van der Waals surface area contributed by atoms with Gasteiger partial charge in [-0.1, -0.05) is 12.1 Å². The Bertz CT molecular complexity index is 430. The predicted molar refractivity (Wildman–Crippen MR) is 77.7 cm³/mol. The van der Waals surface area contributed by atoms with E-state index in [4.69, 9.17) is 5.73 Å². The van der Waals surface area contributed by atoms with E-state index in [1.165, 1.54) is 12.8 Å². The molecule has 3 nitrogen and oxygen atoms in total. The Balaban J connectivity index is 1.72. The molecule has 1 aromatic carbocycles. The van der Waals surface area contributed by atoms with Gasteiger partial charge in [0.05, 0.1) is 0 Å². The number of hydrogen-bond donors (Lipinski definition) is 2. The summed E-state index contributed by atoms with van der Waals surface area (Å²) in [6.07, 6.45) is 5.86. The van der Waals surface area contributed by atoms with Gasteiger partial charge in [-0.05, 0) is 43.2 Å². The molecule has 1 aliphatic carbocycles. The van der Waals surface area contributed by atoms with Gasteiger partial charge in [-0.3, -0.25) is 4.79 Å². The molecule has 0 saturated heterocycles. The highest BCUT2D eigenvalue weighted by Gasteiger charge is 2.41. The number of benzene rings is 1. The first kappa shape index (κ1) is 13.3. The van der Waals surface area contributed by atoms with Crippen molar-refractivity contribution >= 4 is 23.4 Å². The molecule has 0 heterocycles. The number of nitrogens with one attached hydrogen (secondary N) is 1. The predicted octanol–water partition coefficient (Wildman–Crippen LogP) is 2.21. The summed E-state index contributed by atoms with van der Waals surface area (Å²) in [7, 11) is 0. The lowest BCUT2D eigenvalue weighted by atomic mass is 10.1. The van der Waals surface area contributed by atoms with Crippen molar-refractivity contribution in [2.45, 2.75) is 30.4 Å². The third-order valence-electron chi connectivity index (χ3n) is 3.44. The van der Waals surface area contributed by atoms with Crippen LogP contribution in [0.2, 0.25) is 0 Å². The standard InChI is InChI=1S/C14H20N2OS/c1-18-14(7-8-14)10-16-13(17)6-5-11-3-2-4-12(15)9-11/h2-4,9H,5-8,10,15H2,1H3,(H,16,17). The molecule has 98 valence electrons. The monoisotopic (exact) mass is 264 g/mol. The van der Waals surface area contributed by atoms with Crippen LogP contribution in [0.25, 0.3) is 0 Å². The number of carbonyl (C=O) groups is 1. The van der Waals surface area contributed by atoms with Crippen molar-refractivity contribution in [2.75, 3.05) is 18.5 Å². The molecule has 4 heteroatoms. The highest BCUT2D eigenvalue weighted by molar-refractivity contribution is 8.00. The quantitative estimate of drug-likeness (QED) is 0.775. The summed E-state index contributed by atoms with van der Waals surface area (Å²) in [5, 5.41) is 3.03. The van der Waals surface area contributed by atoms with Crippen LogP contribution in [0.3, 0.4) is 0 Å². The highest BCUT2D eigenvalue weighted by Crippen LogP contribution is 2.46. The molecule has 1 aliphatic rings. The van der Waals surface area contributed by atoms with Crippen molar-refractivity contribution in [3.8, 4) is 0 Å². The van der Waals surface area contributed by atoms with Gasteiger partial charge < -0.3 is 11.1 Å². The molecule has 0 radical (unpaired) electrons. The molecule has 1 amide bonds. The molecule has 0 aromatic heterocycles. The fourth-order valence-electron chi connectivity index (χ4n) is 1.95. The summed E-state index contributed by atoms with van der Waals surface area (Å²) < 4.78 is 0.340. The van der Waals surface area contributed by atoms with Crippen LogP contribution >= 0.6 is 11.8 Å². The molecule has 1 fully saturated rings. The SMILES string of the molecule is CSC1(CNC(=O)CCc2cccc(N)c2)CC1. The number of rotatable bonds is 6. The van der Waals surface area contributed by atoms with Crippen LogP contribution in [-0.2, 0) is 11.2 Å². The third-order valence-corrected chi connectivity index (χ3v) is 4.86. The maximum atomic E-state index is 11.7. The van der Waals surface area contributed by atoms with Crippen molar-refractivity contribution in [1.82, 2.24) is 5.32 Å². The Hall–Kier alpha value is -1.16. The molecule has 3 N–H and O–H groups in total. The Kier molecular flexibility index (Phi) is 4.17. The Morgan fingerprint density at radius 2 is 2.28 bits per heavy atom. The number of thioether (sulfide) groups is 1. The number of anilines is 1. The lowest BCUT2D eigenvalue weighted by Crippen LogP contribution is -2.31. The van der Waals surface area contributed by atoms with E-state index >= 15 is 0 Å². The average molecular weight is 264 g/mol. The molecule has 0 bridgehead atoms. The maximum Gasteiger partial charge on any atom is 0.220 e. The van der Waals surface area contributed by atoms with Gasteiger partial charge in [-0.25, -0.2) is 0 Å². The van der Waals surface area contributed by atoms with Gasteiger partial charge in [0, 0.05) is 23.4 Å². The van der Waals surface area contributed by atoms with Crippen LogP contribution < -0.4 is 11.1 Å². The number of carbonyl (C=O) groups excluding carboxylic acids is 1. The maximum absolute atomic E-state index is 11.7. The summed E-state index contributed by atoms with van der Waals surface area (Å²) in [6, 6.07) is 7.72. The number of nitrogen functional groups attached to an aromatic ring is 1. The Morgan fingerprint density at radius 1 is 1.50 bits per heavy atom. The van der Waals surface area contributed by atoms with Crippen molar-refractivity contribution < 1.29 is 4.79 Å². The van der Waals surface area contributed by atoms with Crippen LogP contribution in [0, 0.1) is 0 Å². The van der Waals surface area contributed by atoms with Gasteiger partial charge in [0.2, 0.25) is 5.91 Å². The van der Waals surface area contributed by atoms with Crippen molar-refractivity contribution in [3.05, 3.63) is 29.8 Å². The zero-order valence-electron chi connectivity index (χ0n) is 10.7. The number of amides is 1. The normalized spacial score (nSPS) is 16.3. The lowest BCUT2D eigenvalue weighted by molar-refractivity contribution is -0.121. The summed E-state index contributed by atoms with van der Waals surface area (Å²) in [5.41, 5.74) is 7.58. The van der Waals surface area contributed by atoms with Crippen LogP contribution in [0.5, 0.6) is 0 Å². The Morgan fingerprint density at radius 3 is 2.89 bits per heavy atom. The molecule has 1 aromatic rings. The molecular formula is C14H20N2OS. The number of hydrogen-bond acceptors (Lipinski definition) is 3. The van der Waals surface area contributed by atoms with Gasteiger partial charge in [-0.15, -0.1) is 0 Å². The number of nitrogens with two attached hydrogens (primary N) is 1. The zero-order valence-corrected chi connectivity index (χ0v) is 11.6. The summed E-state index contributed by atoms with van der Waals surface area (Å²) in [6.45, 7) is 0.809. The van der Waals surface area contributed by atoms with E-state index in [0.29, 0.717) is 11.2 Å². The minimum absolute atomic E-state index is 0.137. The summed E-state index contributed by atoms with van der Waals surface area (Å²) in [5.74, 6) is 0.137. The van der Waals surface area contributed by atoms with Crippen molar-refractivity contribution in [2.24, 2.45) is 0 Å². The second-order valence-corrected chi connectivity index (χ2v) is 6.18. The molecular weight excluding hydrogens is 244 g/mol. The molecule has 0 spiro atoms. The second-order valence-electron chi connectivity index (χ2n) is 4.91. The van der Waals surface area contributed by atoms with Gasteiger partial charge in [-0.2, -0.15) is 11.8 Å². The van der Waals surface area contributed by atoms with Crippen LogP contribution in [0.4, 0.5) is 5.69 Å². The van der Waals surface area contributed by atoms with Gasteiger partial charge in [0.1, 0.15) is 0 Å². The topological polar surface area (TPSA) is 55.1 Å². The van der Waals surface area contributed by atoms with Crippen LogP contribution in [0.1, 0.15) is 24.8 Å². The smallest absolute Gasteiger partial charge is 0.220 e. The molecule has 1 saturated carbocycles. The molecule has 2 rings (SSSR count). The second kappa shape index (κ2) is 5.65. The average Bonchev–Trinajstić information content (AvgIpc) is 3.15. The lowest BCUT2D eigenvalue weighted by Gasteiger charge is -2.13. The summed E-state index contributed by atoms with van der Waals surface area (Å²) >= 11 is 1.87. The van der Waals surface area contributed by atoms with E-state index in [9.17, 15) is 4.79 Å². The summed E-state index contributed by atoms with van der Waals surface area (Å²) in [4.78, 5) is 11.7. The van der Waals surface area contributed by atoms with Crippen LogP contribution in [-0.4, -0.2) is 23.5 Å². The minimum Gasteiger partial charge on any atom is -0.399 e. The van der Waals surface area contributed by atoms with Gasteiger partial charge in [0.25, 0.3) is 0 Å². The van der Waals surface area contributed by atoms with E-state index < -0.39 is 0 Å². The van der Waals surface area contributed by atoms with E-state index in [0.717, 1.165) is 24.2 Å². The minimum atomic E-state index is 0.137. The van der Waals surface area contributed by atoms with E-state index in [-0.39, 0.29) is 5.91 Å². The first-order chi connectivity index (χ1) is 8.63. The third kappa shape index (κ3) is 3.67. The zero-order chi connectivity index (χ0) is 13.0.